The van der Waals surface area contributed by atoms with E-state index < -0.39 is 0 Å². The van der Waals surface area contributed by atoms with E-state index in [4.69, 9.17) is 15.6 Å². The summed E-state index contributed by atoms with van der Waals surface area (Å²) in [6.07, 6.45) is 0. The van der Waals surface area contributed by atoms with Crippen LogP contribution in [0.15, 0.2) is 82.0 Å². The van der Waals surface area contributed by atoms with Crippen molar-refractivity contribution in [1.82, 2.24) is 9.97 Å². The van der Waals surface area contributed by atoms with Crippen molar-refractivity contribution in [1.29, 1.82) is 5.41 Å². The monoisotopic (exact) mass is 380 g/mol. The van der Waals surface area contributed by atoms with Gasteiger partial charge in [-0.2, -0.15) is 0 Å². The van der Waals surface area contributed by atoms with Gasteiger partial charge in [0.2, 0.25) is 0 Å². The van der Waals surface area contributed by atoms with Crippen molar-refractivity contribution in [3.8, 4) is 22.7 Å². The van der Waals surface area contributed by atoms with Gasteiger partial charge in [0.05, 0.1) is 16.4 Å². The third kappa shape index (κ3) is 2.96. The van der Waals surface area contributed by atoms with Gasteiger partial charge in [0.1, 0.15) is 23.0 Å². The first-order valence-electron chi connectivity index (χ1n) is 9.06. The highest BCUT2D eigenvalue weighted by atomic mass is 16.3. The van der Waals surface area contributed by atoms with Crippen molar-refractivity contribution in [3.63, 3.8) is 0 Å². The number of para-hydroxylation sites is 1. The van der Waals surface area contributed by atoms with E-state index in [2.05, 4.69) is 9.97 Å². The highest BCUT2D eigenvalue weighted by molar-refractivity contribution is 5.98. The average molecular weight is 380 g/mol. The number of aromatic amines is 1. The minimum atomic E-state index is -0.0653. The van der Waals surface area contributed by atoms with Crippen LogP contribution in [0.4, 0.5) is 0 Å². The molecule has 0 saturated heterocycles. The molecule has 6 nitrogen and oxygen atoms in total. The summed E-state index contributed by atoms with van der Waals surface area (Å²) < 4.78 is 5.90. The lowest BCUT2D eigenvalue weighted by molar-refractivity contribution is 0.619. The maximum Gasteiger partial charge on any atom is 0.193 e. The maximum absolute atomic E-state index is 12.3. The van der Waals surface area contributed by atoms with Crippen LogP contribution in [-0.4, -0.2) is 15.8 Å². The fraction of sp³-hybridized carbons (Fsp3) is 0. The van der Waals surface area contributed by atoms with Crippen LogP contribution < -0.4 is 11.2 Å². The maximum atomic E-state index is 12.3. The van der Waals surface area contributed by atoms with Crippen LogP contribution >= 0.6 is 0 Å². The van der Waals surface area contributed by atoms with E-state index in [9.17, 15) is 4.79 Å². The summed E-state index contributed by atoms with van der Waals surface area (Å²) in [6.45, 7) is 0. The number of amidine groups is 1. The van der Waals surface area contributed by atoms with Gasteiger partial charge >= 0.3 is 0 Å². The molecule has 0 aliphatic heterocycles. The second kappa shape index (κ2) is 6.45. The molecule has 6 heteroatoms. The Bertz CT molecular complexity index is 1450. The highest BCUT2D eigenvalue weighted by Crippen LogP contribution is 2.26. The van der Waals surface area contributed by atoms with E-state index in [1.54, 1.807) is 18.2 Å². The predicted molar refractivity (Wildman–Crippen MR) is 114 cm³/mol. The largest absolute Gasteiger partial charge is 0.456 e. The van der Waals surface area contributed by atoms with Crippen molar-refractivity contribution in [2.45, 2.75) is 0 Å². The van der Waals surface area contributed by atoms with E-state index in [0.29, 0.717) is 28.1 Å². The average Bonchev–Trinajstić information content (AvgIpc) is 3.17. The van der Waals surface area contributed by atoms with E-state index in [1.807, 2.05) is 48.5 Å². The van der Waals surface area contributed by atoms with Crippen LogP contribution in [0.25, 0.3) is 44.7 Å². The van der Waals surface area contributed by atoms with E-state index >= 15 is 0 Å². The molecule has 5 rings (SSSR count). The number of rotatable bonds is 3. The van der Waals surface area contributed by atoms with Crippen molar-refractivity contribution in [3.05, 3.63) is 88.6 Å². The van der Waals surface area contributed by atoms with Crippen LogP contribution in [-0.2, 0) is 0 Å². The number of benzene rings is 3. The molecule has 0 bridgehead atoms. The standard InChI is InChI=1S/C23H16N4O2/c24-22(25)15-9-10-17-18(11-15)27-23(26-17)14-7-5-13(6-8-14)21-12-19(28)16-3-1-2-4-20(16)29-21/h1-12H,(H3,24,25)(H,26,27). The number of hydrogen-bond donors (Lipinski definition) is 3. The zero-order valence-electron chi connectivity index (χ0n) is 15.3. The van der Waals surface area contributed by atoms with Crippen LogP contribution in [0.3, 0.4) is 0 Å². The molecule has 0 aliphatic carbocycles. The third-order valence-electron chi connectivity index (χ3n) is 4.87. The molecule has 0 saturated carbocycles. The number of nitrogen functional groups attached to an aromatic ring is 1. The molecule has 140 valence electrons. The summed E-state index contributed by atoms with van der Waals surface area (Å²) in [4.78, 5) is 20.2. The smallest absolute Gasteiger partial charge is 0.193 e. The van der Waals surface area contributed by atoms with Gasteiger partial charge in [-0.05, 0) is 30.3 Å². The summed E-state index contributed by atoms with van der Waals surface area (Å²) in [5, 5.41) is 8.13. The first-order valence-corrected chi connectivity index (χ1v) is 9.06. The van der Waals surface area contributed by atoms with Gasteiger partial charge in [0.25, 0.3) is 0 Å². The van der Waals surface area contributed by atoms with Gasteiger partial charge in [0.15, 0.2) is 5.43 Å². The van der Waals surface area contributed by atoms with Crippen LogP contribution in [0.5, 0.6) is 0 Å². The molecule has 5 aromatic rings. The SMILES string of the molecule is N=C(N)c1ccc2nc(-c3ccc(-c4cc(=O)c5ccccc5o4)cc3)[nH]c2c1. The fourth-order valence-electron chi connectivity index (χ4n) is 3.35. The Morgan fingerprint density at radius 1 is 0.966 bits per heavy atom. The molecule has 29 heavy (non-hydrogen) atoms. The molecular formula is C23H16N4O2. The first-order chi connectivity index (χ1) is 14.1. The summed E-state index contributed by atoms with van der Waals surface area (Å²) in [7, 11) is 0. The third-order valence-corrected chi connectivity index (χ3v) is 4.87. The minimum Gasteiger partial charge on any atom is -0.456 e. The lowest BCUT2D eigenvalue weighted by Crippen LogP contribution is -2.10. The number of fused-ring (bicyclic) bond motifs is 2. The number of H-pyrrole nitrogens is 1. The molecule has 2 heterocycles. The van der Waals surface area contributed by atoms with Crippen LogP contribution in [0.2, 0.25) is 0 Å². The number of hydrogen-bond acceptors (Lipinski definition) is 4. The molecule has 0 radical (unpaired) electrons. The summed E-state index contributed by atoms with van der Waals surface area (Å²) in [6, 6.07) is 21.8. The molecule has 0 atom stereocenters. The predicted octanol–water partition coefficient (Wildman–Crippen LogP) is 4.29. The molecule has 2 aromatic heterocycles. The molecule has 3 aromatic carbocycles. The fourth-order valence-corrected chi connectivity index (χ4v) is 3.35. The zero-order chi connectivity index (χ0) is 20.0. The van der Waals surface area contributed by atoms with Gasteiger partial charge in [-0.1, -0.05) is 36.4 Å². The zero-order valence-corrected chi connectivity index (χ0v) is 15.3. The molecule has 0 aliphatic rings. The Hall–Kier alpha value is -4.19. The number of nitrogens with zero attached hydrogens (tertiary/aromatic N) is 1. The van der Waals surface area contributed by atoms with Gasteiger partial charge in [0, 0.05) is 22.8 Å². The number of imidazole rings is 1. The van der Waals surface area contributed by atoms with Crippen molar-refractivity contribution in [2.75, 3.05) is 0 Å². The summed E-state index contributed by atoms with van der Waals surface area (Å²) in [5.74, 6) is 1.26. The first kappa shape index (κ1) is 16.9. The molecule has 0 amide bonds. The molecule has 0 fully saturated rings. The Kier molecular flexibility index (Phi) is 3.77. The number of nitrogens with one attached hydrogen (secondary N) is 2. The van der Waals surface area contributed by atoms with Crippen molar-refractivity contribution in [2.24, 2.45) is 5.73 Å². The summed E-state index contributed by atoms with van der Waals surface area (Å²) in [5.41, 5.74) is 10.0. The Labute approximate surface area is 165 Å². The lowest BCUT2D eigenvalue weighted by Gasteiger charge is -2.04. The second-order valence-corrected chi connectivity index (χ2v) is 6.78. The quantitative estimate of drug-likeness (QED) is 0.320. The van der Waals surface area contributed by atoms with Gasteiger partial charge < -0.3 is 15.1 Å². The highest BCUT2D eigenvalue weighted by Gasteiger charge is 2.10. The van der Waals surface area contributed by atoms with E-state index in [1.165, 1.54) is 6.07 Å². The second-order valence-electron chi connectivity index (χ2n) is 6.78. The number of aromatic nitrogens is 2. The van der Waals surface area contributed by atoms with E-state index in [-0.39, 0.29) is 11.3 Å². The van der Waals surface area contributed by atoms with Gasteiger partial charge in [-0.25, -0.2) is 4.98 Å². The normalized spacial score (nSPS) is 11.2. The molecule has 0 spiro atoms. The van der Waals surface area contributed by atoms with Gasteiger partial charge in [-0.15, -0.1) is 0 Å². The molecule has 4 N–H and O–H groups in total. The van der Waals surface area contributed by atoms with Crippen LogP contribution in [0, 0.1) is 5.41 Å². The molecule has 0 unspecified atom stereocenters. The Balaban J connectivity index is 1.53. The molecular weight excluding hydrogens is 364 g/mol. The Morgan fingerprint density at radius 3 is 2.52 bits per heavy atom. The minimum absolute atomic E-state index is 0.0179. The van der Waals surface area contributed by atoms with E-state index in [0.717, 1.165) is 22.2 Å². The van der Waals surface area contributed by atoms with Crippen LogP contribution in [0.1, 0.15) is 5.56 Å². The van der Waals surface area contributed by atoms with Crippen molar-refractivity contribution >= 4 is 27.8 Å². The van der Waals surface area contributed by atoms with Gasteiger partial charge in [-0.3, -0.25) is 10.2 Å². The summed E-state index contributed by atoms with van der Waals surface area (Å²) >= 11 is 0. The lowest BCUT2D eigenvalue weighted by atomic mass is 10.1. The number of nitrogens with two attached hydrogens (primary N) is 1. The topological polar surface area (TPSA) is 109 Å². The van der Waals surface area contributed by atoms with Crippen molar-refractivity contribution < 1.29 is 4.42 Å². The Morgan fingerprint density at radius 2 is 1.72 bits per heavy atom.